The van der Waals surface area contributed by atoms with Gasteiger partial charge in [0.15, 0.2) is 0 Å². The zero-order valence-corrected chi connectivity index (χ0v) is 8.75. The second-order valence-corrected chi connectivity index (χ2v) is 3.56. The Balaban J connectivity index is 2.68. The summed E-state index contributed by atoms with van der Waals surface area (Å²) in [4.78, 5) is 0.200. The molecule has 2 nitrogen and oxygen atoms in total. The lowest BCUT2D eigenvalue weighted by Gasteiger charge is -2.38. The van der Waals surface area contributed by atoms with Crippen molar-refractivity contribution < 1.29 is 35.1 Å². The summed E-state index contributed by atoms with van der Waals surface area (Å²) in [6.45, 7) is -3.08. The van der Waals surface area contributed by atoms with Crippen molar-refractivity contribution in [3.63, 3.8) is 0 Å². The molecule has 0 aromatic heterocycles. The lowest BCUT2D eigenvalue weighted by Crippen LogP contribution is -2.58. The SMILES string of the molecule is FC(F)=C(F)N1CCN(C(F)(F)C(F)(F)F)CC1. The van der Waals surface area contributed by atoms with Gasteiger partial charge in [-0.25, -0.2) is 4.90 Å². The van der Waals surface area contributed by atoms with Crippen molar-refractivity contribution in [1.82, 2.24) is 9.80 Å². The van der Waals surface area contributed by atoms with Crippen molar-refractivity contribution in [2.24, 2.45) is 0 Å². The Hall–Kier alpha value is -1.06. The van der Waals surface area contributed by atoms with E-state index in [-0.39, 0.29) is 4.90 Å². The van der Waals surface area contributed by atoms with Crippen LogP contribution < -0.4 is 0 Å². The van der Waals surface area contributed by atoms with E-state index in [4.69, 9.17) is 0 Å². The molecule has 1 rings (SSSR count). The molecule has 1 aliphatic heterocycles. The van der Waals surface area contributed by atoms with Crippen molar-refractivity contribution in [3.8, 4) is 0 Å². The Labute approximate surface area is 96.4 Å². The number of alkyl halides is 5. The molecule has 1 saturated heterocycles. The first-order valence-corrected chi connectivity index (χ1v) is 4.72. The van der Waals surface area contributed by atoms with Gasteiger partial charge in [-0.3, -0.25) is 0 Å². The van der Waals surface area contributed by atoms with E-state index in [1.54, 1.807) is 0 Å². The highest BCUT2D eigenvalue weighted by Crippen LogP contribution is 2.38. The van der Waals surface area contributed by atoms with Crippen molar-refractivity contribution in [2.45, 2.75) is 12.2 Å². The molecule has 0 amide bonds. The highest BCUT2D eigenvalue weighted by molar-refractivity contribution is 4.95. The van der Waals surface area contributed by atoms with Gasteiger partial charge in [-0.1, -0.05) is 0 Å². The summed E-state index contributed by atoms with van der Waals surface area (Å²) in [6, 6.07) is -5.05. The van der Waals surface area contributed by atoms with E-state index in [0.29, 0.717) is 4.90 Å². The Morgan fingerprint density at radius 2 is 1.22 bits per heavy atom. The molecule has 1 heterocycles. The van der Waals surface area contributed by atoms with Gasteiger partial charge in [0.2, 0.25) is 0 Å². The van der Waals surface area contributed by atoms with E-state index in [2.05, 4.69) is 0 Å². The third-order valence-corrected chi connectivity index (χ3v) is 2.45. The molecule has 0 saturated carbocycles. The van der Waals surface area contributed by atoms with E-state index in [0.717, 1.165) is 0 Å². The lowest BCUT2D eigenvalue weighted by molar-refractivity contribution is -0.343. The smallest absolute Gasteiger partial charge is 0.341 e. The second kappa shape index (κ2) is 4.90. The second-order valence-electron chi connectivity index (χ2n) is 3.56. The summed E-state index contributed by atoms with van der Waals surface area (Å²) in [6.07, 6.45) is -8.39. The van der Waals surface area contributed by atoms with Crippen LogP contribution in [0.1, 0.15) is 0 Å². The zero-order valence-electron chi connectivity index (χ0n) is 8.75. The fraction of sp³-hybridized carbons (Fsp3) is 0.750. The minimum absolute atomic E-state index is 0.215. The molecule has 0 aromatic rings. The van der Waals surface area contributed by atoms with Crippen molar-refractivity contribution in [2.75, 3.05) is 26.2 Å². The average Bonchev–Trinajstić information content (AvgIpc) is 2.26. The topological polar surface area (TPSA) is 6.48 Å². The number of halogens is 8. The minimum atomic E-state index is -5.76. The van der Waals surface area contributed by atoms with Gasteiger partial charge in [0.1, 0.15) is 0 Å². The maximum absolute atomic E-state index is 12.8. The minimum Gasteiger partial charge on any atom is -0.341 e. The molecule has 0 aromatic carbocycles. The molecule has 18 heavy (non-hydrogen) atoms. The highest BCUT2D eigenvalue weighted by atomic mass is 19.4. The van der Waals surface area contributed by atoms with Gasteiger partial charge in [-0.2, -0.15) is 35.1 Å². The molecule has 0 spiro atoms. The van der Waals surface area contributed by atoms with Crippen LogP contribution in [-0.2, 0) is 0 Å². The van der Waals surface area contributed by atoms with Gasteiger partial charge >= 0.3 is 18.3 Å². The Bertz CT molecular complexity index is 324. The van der Waals surface area contributed by atoms with E-state index in [1.807, 2.05) is 0 Å². The van der Waals surface area contributed by atoms with Crippen LogP contribution in [-0.4, -0.2) is 48.2 Å². The van der Waals surface area contributed by atoms with Crippen LogP contribution in [0.15, 0.2) is 12.0 Å². The summed E-state index contributed by atoms with van der Waals surface area (Å²) in [5.74, 6) is -1.90. The molecule has 1 fully saturated rings. The zero-order chi connectivity index (χ0) is 14.1. The Kier molecular flexibility index (Phi) is 4.08. The number of piperazine rings is 1. The lowest BCUT2D eigenvalue weighted by atomic mass is 10.3. The molecule has 106 valence electrons. The normalized spacial score (nSPS) is 19.0. The van der Waals surface area contributed by atoms with Crippen LogP contribution in [0.25, 0.3) is 0 Å². The fourth-order valence-corrected chi connectivity index (χ4v) is 1.48. The van der Waals surface area contributed by atoms with Crippen LogP contribution in [0.2, 0.25) is 0 Å². The standard InChI is InChI=1S/C8H8F8N2/c9-5(10)6(11)17-1-3-18(4-2-17)8(15,16)7(12,13)14/h1-4H2. The van der Waals surface area contributed by atoms with Gasteiger partial charge in [0, 0.05) is 26.2 Å². The van der Waals surface area contributed by atoms with E-state index >= 15 is 0 Å². The van der Waals surface area contributed by atoms with Crippen LogP contribution in [0.3, 0.4) is 0 Å². The molecule has 0 aliphatic carbocycles. The number of nitrogens with zero attached hydrogens (tertiary/aromatic N) is 2. The summed E-state index contributed by atoms with van der Waals surface area (Å²) in [5, 5.41) is 0. The molecule has 0 N–H and O–H groups in total. The van der Waals surface area contributed by atoms with Crippen molar-refractivity contribution in [3.05, 3.63) is 12.0 Å². The summed E-state index contributed by atoms with van der Waals surface area (Å²) >= 11 is 0. The van der Waals surface area contributed by atoms with E-state index in [9.17, 15) is 35.1 Å². The molecule has 0 bridgehead atoms. The third-order valence-electron chi connectivity index (χ3n) is 2.45. The fourth-order valence-electron chi connectivity index (χ4n) is 1.48. The van der Waals surface area contributed by atoms with Crippen LogP contribution in [0.5, 0.6) is 0 Å². The Morgan fingerprint density at radius 3 is 1.56 bits per heavy atom. The van der Waals surface area contributed by atoms with Gasteiger partial charge < -0.3 is 4.90 Å². The molecular formula is C8H8F8N2. The largest absolute Gasteiger partial charge is 0.469 e. The van der Waals surface area contributed by atoms with Crippen molar-refractivity contribution >= 4 is 0 Å². The summed E-state index contributed by atoms with van der Waals surface area (Å²) in [7, 11) is 0. The molecule has 0 unspecified atom stereocenters. The first-order chi connectivity index (χ1) is 8.07. The van der Waals surface area contributed by atoms with E-state index in [1.165, 1.54) is 0 Å². The number of hydrogen-bond donors (Lipinski definition) is 0. The predicted octanol–water partition coefficient (Wildman–Crippen LogP) is 2.79. The third kappa shape index (κ3) is 2.85. The maximum Gasteiger partial charge on any atom is 0.469 e. The monoisotopic (exact) mass is 284 g/mol. The Morgan fingerprint density at radius 1 is 0.778 bits per heavy atom. The van der Waals surface area contributed by atoms with Gasteiger partial charge in [0.25, 0.3) is 5.95 Å². The van der Waals surface area contributed by atoms with Crippen LogP contribution in [0.4, 0.5) is 35.1 Å². The average molecular weight is 284 g/mol. The van der Waals surface area contributed by atoms with E-state index < -0.39 is 50.4 Å². The van der Waals surface area contributed by atoms with Crippen LogP contribution >= 0.6 is 0 Å². The summed E-state index contributed by atoms with van der Waals surface area (Å²) < 4.78 is 98.0. The number of rotatable bonds is 2. The van der Waals surface area contributed by atoms with Crippen LogP contribution in [0, 0.1) is 0 Å². The summed E-state index contributed by atoms with van der Waals surface area (Å²) in [5.41, 5.74) is 0. The van der Waals surface area contributed by atoms with Gasteiger partial charge in [0.05, 0.1) is 0 Å². The first kappa shape index (κ1) is 15.0. The number of hydrogen-bond acceptors (Lipinski definition) is 2. The molecular weight excluding hydrogens is 276 g/mol. The highest BCUT2D eigenvalue weighted by Gasteiger charge is 2.61. The predicted molar refractivity (Wildman–Crippen MR) is 44.5 cm³/mol. The molecule has 1 aliphatic rings. The quantitative estimate of drug-likeness (QED) is 0.568. The van der Waals surface area contributed by atoms with Crippen molar-refractivity contribution in [1.29, 1.82) is 0 Å². The molecule has 0 radical (unpaired) electrons. The molecule has 0 atom stereocenters. The van der Waals surface area contributed by atoms with Gasteiger partial charge in [-0.15, -0.1) is 0 Å². The van der Waals surface area contributed by atoms with Gasteiger partial charge in [-0.05, 0) is 0 Å². The maximum atomic E-state index is 12.8. The first-order valence-electron chi connectivity index (χ1n) is 4.72. The molecule has 10 heteroatoms.